The fourth-order valence-electron chi connectivity index (χ4n) is 1.70. The normalized spacial score (nSPS) is 10.3. The molecule has 1 N–H and O–H groups in total. The maximum Gasteiger partial charge on any atom is 0.224 e. The molecule has 0 aliphatic heterocycles. The highest BCUT2D eigenvalue weighted by Crippen LogP contribution is 2.22. The predicted octanol–water partition coefficient (Wildman–Crippen LogP) is 3.99. The van der Waals surface area contributed by atoms with Crippen molar-refractivity contribution in [2.45, 2.75) is 13.0 Å². The molecule has 0 bridgehead atoms. The molecule has 104 valence electrons. The number of hydrogen-bond acceptors (Lipinski definition) is 1. The summed E-state index contributed by atoms with van der Waals surface area (Å²) in [6.07, 6.45) is 0.220. The molecular formula is C15H12Cl2FNO. The summed E-state index contributed by atoms with van der Waals surface area (Å²) in [5, 5.41) is 3.65. The Morgan fingerprint density at radius 3 is 2.30 bits per heavy atom. The van der Waals surface area contributed by atoms with E-state index < -0.39 is 0 Å². The highest BCUT2D eigenvalue weighted by molar-refractivity contribution is 6.42. The number of carbonyl (C=O) groups excluding carboxylic acids is 1. The summed E-state index contributed by atoms with van der Waals surface area (Å²) in [6, 6.07) is 11.1. The van der Waals surface area contributed by atoms with E-state index in [1.165, 1.54) is 12.1 Å². The molecule has 2 aromatic rings. The van der Waals surface area contributed by atoms with Crippen molar-refractivity contribution in [3.8, 4) is 0 Å². The van der Waals surface area contributed by atoms with Crippen molar-refractivity contribution < 1.29 is 9.18 Å². The minimum atomic E-state index is -0.295. The summed E-state index contributed by atoms with van der Waals surface area (Å²) in [5.41, 5.74) is 1.63. The molecule has 0 atom stereocenters. The van der Waals surface area contributed by atoms with Crippen molar-refractivity contribution in [3.05, 3.63) is 69.5 Å². The van der Waals surface area contributed by atoms with Gasteiger partial charge in [0.15, 0.2) is 0 Å². The second-order valence-corrected chi connectivity index (χ2v) is 5.14. The van der Waals surface area contributed by atoms with Crippen LogP contribution in [0.1, 0.15) is 11.1 Å². The Balaban J connectivity index is 1.89. The summed E-state index contributed by atoms with van der Waals surface area (Å²) in [7, 11) is 0. The van der Waals surface area contributed by atoms with E-state index in [2.05, 4.69) is 5.32 Å². The van der Waals surface area contributed by atoms with E-state index in [1.807, 2.05) is 0 Å². The SMILES string of the molecule is O=C(Cc1ccc(Cl)c(Cl)c1)NCc1ccc(F)cc1. The zero-order chi connectivity index (χ0) is 14.5. The standard InChI is InChI=1S/C15H12Cl2FNO/c16-13-6-3-11(7-14(13)17)8-15(20)19-9-10-1-4-12(18)5-2-10/h1-7H,8-9H2,(H,19,20). The van der Waals surface area contributed by atoms with Crippen LogP contribution >= 0.6 is 23.2 Å². The number of benzene rings is 2. The van der Waals surface area contributed by atoms with Gasteiger partial charge in [0.25, 0.3) is 0 Å². The van der Waals surface area contributed by atoms with Gasteiger partial charge < -0.3 is 5.32 Å². The van der Waals surface area contributed by atoms with Gasteiger partial charge in [0, 0.05) is 6.54 Å². The average molecular weight is 312 g/mol. The fraction of sp³-hybridized carbons (Fsp3) is 0.133. The van der Waals surface area contributed by atoms with E-state index in [4.69, 9.17) is 23.2 Å². The first-order valence-corrected chi connectivity index (χ1v) is 6.75. The number of halogens is 3. The second kappa shape index (κ2) is 6.73. The summed E-state index contributed by atoms with van der Waals surface area (Å²) < 4.78 is 12.7. The molecule has 0 radical (unpaired) electrons. The molecule has 0 heterocycles. The van der Waals surface area contributed by atoms with E-state index >= 15 is 0 Å². The number of rotatable bonds is 4. The van der Waals surface area contributed by atoms with Crippen molar-refractivity contribution in [1.82, 2.24) is 5.32 Å². The third kappa shape index (κ3) is 4.22. The lowest BCUT2D eigenvalue weighted by Crippen LogP contribution is -2.24. The van der Waals surface area contributed by atoms with Gasteiger partial charge >= 0.3 is 0 Å². The lowest BCUT2D eigenvalue weighted by atomic mass is 10.1. The Kier molecular flexibility index (Phi) is 4.99. The minimum absolute atomic E-state index is 0.132. The van der Waals surface area contributed by atoms with Gasteiger partial charge in [-0.2, -0.15) is 0 Å². The molecule has 0 aromatic heterocycles. The van der Waals surface area contributed by atoms with Crippen molar-refractivity contribution in [2.75, 3.05) is 0 Å². The van der Waals surface area contributed by atoms with Gasteiger partial charge in [-0.15, -0.1) is 0 Å². The van der Waals surface area contributed by atoms with Gasteiger partial charge in [0.05, 0.1) is 16.5 Å². The molecule has 20 heavy (non-hydrogen) atoms. The molecule has 2 nitrogen and oxygen atoms in total. The molecule has 1 amide bonds. The Labute approximate surface area is 126 Å². The summed E-state index contributed by atoms with van der Waals surface area (Å²) in [6.45, 7) is 0.362. The van der Waals surface area contributed by atoms with E-state index in [9.17, 15) is 9.18 Å². The largest absolute Gasteiger partial charge is 0.352 e. The molecule has 0 aliphatic carbocycles. The molecule has 0 aliphatic rings. The maximum absolute atomic E-state index is 12.7. The molecular weight excluding hydrogens is 300 g/mol. The maximum atomic E-state index is 12.7. The van der Waals surface area contributed by atoms with Crippen LogP contribution in [-0.2, 0) is 17.8 Å². The Bertz CT molecular complexity index is 614. The van der Waals surface area contributed by atoms with Crippen molar-refractivity contribution in [3.63, 3.8) is 0 Å². The van der Waals surface area contributed by atoms with E-state index in [-0.39, 0.29) is 18.1 Å². The van der Waals surface area contributed by atoms with Gasteiger partial charge in [0.1, 0.15) is 5.82 Å². The van der Waals surface area contributed by atoms with Gasteiger partial charge in [-0.1, -0.05) is 41.4 Å². The van der Waals surface area contributed by atoms with Gasteiger partial charge in [-0.05, 0) is 35.4 Å². The lowest BCUT2D eigenvalue weighted by Gasteiger charge is -2.06. The van der Waals surface area contributed by atoms with Crippen LogP contribution in [0.4, 0.5) is 4.39 Å². The number of amides is 1. The van der Waals surface area contributed by atoms with Crippen molar-refractivity contribution in [1.29, 1.82) is 0 Å². The quantitative estimate of drug-likeness (QED) is 0.908. The summed E-state index contributed by atoms with van der Waals surface area (Å²) >= 11 is 11.7. The zero-order valence-electron chi connectivity index (χ0n) is 10.5. The number of carbonyl (C=O) groups is 1. The molecule has 0 saturated carbocycles. The minimum Gasteiger partial charge on any atom is -0.352 e. The van der Waals surface area contributed by atoms with Crippen LogP contribution in [0.25, 0.3) is 0 Å². The van der Waals surface area contributed by atoms with Crippen LogP contribution in [0, 0.1) is 5.82 Å². The van der Waals surface area contributed by atoms with E-state index in [0.717, 1.165) is 11.1 Å². The zero-order valence-corrected chi connectivity index (χ0v) is 12.0. The Hall–Kier alpha value is -1.58. The summed E-state index contributed by atoms with van der Waals surface area (Å²) in [5.74, 6) is -0.427. The Morgan fingerprint density at radius 2 is 1.65 bits per heavy atom. The van der Waals surface area contributed by atoms with Gasteiger partial charge in [-0.3, -0.25) is 4.79 Å². The molecule has 0 spiro atoms. The number of hydrogen-bond donors (Lipinski definition) is 1. The first-order valence-electron chi connectivity index (χ1n) is 5.99. The second-order valence-electron chi connectivity index (χ2n) is 4.33. The highest BCUT2D eigenvalue weighted by Gasteiger charge is 2.05. The molecule has 0 saturated heterocycles. The van der Waals surface area contributed by atoms with Gasteiger partial charge in [0.2, 0.25) is 5.91 Å². The molecule has 0 unspecified atom stereocenters. The van der Waals surface area contributed by atoms with Crippen LogP contribution in [0.3, 0.4) is 0 Å². The molecule has 2 aromatic carbocycles. The van der Waals surface area contributed by atoms with Crippen LogP contribution < -0.4 is 5.32 Å². The van der Waals surface area contributed by atoms with Crippen LogP contribution in [-0.4, -0.2) is 5.91 Å². The van der Waals surface area contributed by atoms with Gasteiger partial charge in [-0.25, -0.2) is 4.39 Å². The summed E-state index contributed by atoms with van der Waals surface area (Å²) in [4.78, 5) is 11.8. The van der Waals surface area contributed by atoms with E-state index in [0.29, 0.717) is 16.6 Å². The third-order valence-corrected chi connectivity index (χ3v) is 3.49. The number of nitrogens with one attached hydrogen (secondary N) is 1. The monoisotopic (exact) mass is 311 g/mol. The highest BCUT2D eigenvalue weighted by atomic mass is 35.5. The van der Waals surface area contributed by atoms with Crippen molar-refractivity contribution >= 4 is 29.1 Å². The first kappa shape index (κ1) is 14.8. The van der Waals surface area contributed by atoms with Crippen LogP contribution in [0.2, 0.25) is 10.0 Å². The predicted molar refractivity (Wildman–Crippen MR) is 78.4 cm³/mol. The lowest BCUT2D eigenvalue weighted by molar-refractivity contribution is -0.120. The Morgan fingerprint density at radius 1 is 1.00 bits per heavy atom. The average Bonchev–Trinajstić information content (AvgIpc) is 2.42. The topological polar surface area (TPSA) is 29.1 Å². The molecule has 2 rings (SSSR count). The van der Waals surface area contributed by atoms with Crippen LogP contribution in [0.5, 0.6) is 0 Å². The van der Waals surface area contributed by atoms with E-state index in [1.54, 1.807) is 30.3 Å². The molecule has 5 heteroatoms. The van der Waals surface area contributed by atoms with Crippen molar-refractivity contribution in [2.24, 2.45) is 0 Å². The first-order chi connectivity index (χ1) is 9.54. The van der Waals surface area contributed by atoms with Crippen LogP contribution in [0.15, 0.2) is 42.5 Å². The molecule has 0 fully saturated rings. The fourth-order valence-corrected chi connectivity index (χ4v) is 2.02. The smallest absolute Gasteiger partial charge is 0.224 e. The third-order valence-electron chi connectivity index (χ3n) is 2.75.